The van der Waals surface area contributed by atoms with Crippen molar-refractivity contribution in [1.29, 1.82) is 0 Å². The first kappa shape index (κ1) is 12.7. The van der Waals surface area contributed by atoms with E-state index in [1.807, 2.05) is 0 Å². The van der Waals surface area contributed by atoms with Gasteiger partial charge in [0.2, 0.25) is 0 Å². The van der Waals surface area contributed by atoms with Crippen LogP contribution in [0.2, 0.25) is 10.0 Å². The van der Waals surface area contributed by atoms with E-state index in [4.69, 9.17) is 23.2 Å². The van der Waals surface area contributed by atoms with E-state index in [-0.39, 0.29) is 16.3 Å². The Balaban J connectivity index is 2.69. The SMILES string of the molecule is Oc1ccc(Cl)cc1-c1ccc(Br)c(Cl)c1F. The van der Waals surface area contributed by atoms with E-state index in [9.17, 15) is 9.50 Å². The summed E-state index contributed by atoms with van der Waals surface area (Å²) >= 11 is 14.7. The molecule has 17 heavy (non-hydrogen) atoms. The van der Waals surface area contributed by atoms with Gasteiger partial charge in [0.15, 0.2) is 5.82 Å². The van der Waals surface area contributed by atoms with Crippen LogP contribution in [0.1, 0.15) is 0 Å². The Kier molecular flexibility index (Phi) is 3.61. The van der Waals surface area contributed by atoms with E-state index >= 15 is 0 Å². The van der Waals surface area contributed by atoms with Gasteiger partial charge in [-0.15, -0.1) is 0 Å². The summed E-state index contributed by atoms with van der Waals surface area (Å²) in [5, 5.41) is 10.1. The van der Waals surface area contributed by atoms with Gasteiger partial charge in [-0.3, -0.25) is 0 Å². The summed E-state index contributed by atoms with van der Waals surface area (Å²) in [7, 11) is 0. The van der Waals surface area contributed by atoms with Crippen LogP contribution in [0.4, 0.5) is 4.39 Å². The van der Waals surface area contributed by atoms with E-state index in [1.165, 1.54) is 24.3 Å². The van der Waals surface area contributed by atoms with Crippen molar-refractivity contribution in [3.63, 3.8) is 0 Å². The number of phenols is 1. The molecule has 0 heterocycles. The first-order valence-electron chi connectivity index (χ1n) is 4.63. The van der Waals surface area contributed by atoms with Gasteiger partial charge in [0, 0.05) is 20.6 Å². The Labute approximate surface area is 116 Å². The first-order valence-corrected chi connectivity index (χ1v) is 6.18. The molecule has 0 aliphatic heterocycles. The van der Waals surface area contributed by atoms with E-state index in [2.05, 4.69) is 15.9 Å². The Morgan fingerprint density at radius 1 is 1.06 bits per heavy atom. The zero-order chi connectivity index (χ0) is 12.6. The van der Waals surface area contributed by atoms with Gasteiger partial charge in [-0.2, -0.15) is 0 Å². The molecule has 0 atom stereocenters. The van der Waals surface area contributed by atoms with Crippen molar-refractivity contribution >= 4 is 39.1 Å². The summed E-state index contributed by atoms with van der Waals surface area (Å²) in [5.74, 6) is -0.648. The number of benzene rings is 2. The fourth-order valence-electron chi connectivity index (χ4n) is 1.46. The van der Waals surface area contributed by atoms with Crippen molar-refractivity contribution in [2.75, 3.05) is 0 Å². The Morgan fingerprint density at radius 2 is 1.76 bits per heavy atom. The fourth-order valence-corrected chi connectivity index (χ4v) is 2.10. The van der Waals surface area contributed by atoms with Crippen LogP contribution in [-0.2, 0) is 0 Å². The van der Waals surface area contributed by atoms with Crippen LogP contribution in [0.5, 0.6) is 5.75 Å². The molecule has 0 saturated heterocycles. The second-order valence-electron chi connectivity index (χ2n) is 3.38. The van der Waals surface area contributed by atoms with Crippen molar-refractivity contribution < 1.29 is 9.50 Å². The van der Waals surface area contributed by atoms with Crippen LogP contribution in [0.25, 0.3) is 11.1 Å². The Bertz CT molecular complexity index is 587. The third-order valence-electron chi connectivity index (χ3n) is 2.28. The van der Waals surface area contributed by atoms with Crippen molar-refractivity contribution in [3.05, 3.63) is 50.7 Å². The molecule has 0 aromatic heterocycles. The fraction of sp³-hybridized carbons (Fsp3) is 0. The summed E-state index contributed by atoms with van der Waals surface area (Å²) in [5.41, 5.74) is 0.516. The second-order valence-corrected chi connectivity index (χ2v) is 5.05. The number of aromatic hydroxyl groups is 1. The molecule has 0 fully saturated rings. The van der Waals surface area contributed by atoms with Crippen LogP contribution in [0.3, 0.4) is 0 Å². The molecule has 0 bridgehead atoms. The normalized spacial score (nSPS) is 10.6. The summed E-state index contributed by atoms with van der Waals surface area (Å²) < 4.78 is 14.4. The zero-order valence-electron chi connectivity index (χ0n) is 8.35. The molecule has 0 aliphatic rings. The Morgan fingerprint density at radius 3 is 2.47 bits per heavy atom. The van der Waals surface area contributed by atoms with Gasteiger partial charge in [-0.1, -0.05) is 29.3 Å². The lowest BCUT2D eigenvalue weighted by Crippen LogP contribution is -1.87. The highest BCUT2D eigenvalue weighted by molar-refractivity contribution is 9.10. The van der Waals surface area contributed by atoms with E-state index < -0.39 is 5.82 Å². The topological polar surface area (TPSA) is 20.2 Å². The Hall–Kier alpha value is -0.770. The zero-order valence-corrected chi connectivity index (χ0v) is 11.4. The number of hydrogen-bond donors (Lipinski definition) is 1. The van der Waals surface area contributed by atoms with Gasteiger partial charge in [0.1, 0.15) is 5.75 Å². The molecule has 0 saturated carbocycles. The third kappa shape index (κ3) is 2.41. The van der Waals surface area contributed by atoms with Gasteiger partial charge in [-0.25, -0.2) is 4.39 Å². The van der Waals surface area contributed by atoms with E-state index in [0.29, 0.717) is 15.1 Å². The predicted octanol–water partition coefficient (Wildman–Crippen LogP) is 5.27. The third-order valence-corrected chi connectivity index (χ3v) is 3.78. The minimum atomic E-state index is -0.599. The van der Waals surface area contributed by atoms with E-state index in [0.717, 1.165) is 0 Å². The molecule has 88 valence electrons. The molecule has 1 N–H and O–H groups in total. The molecule has 0 spiro atoms. The van der Waals surface area contributed by atoms with Crippen LogP contribution in [-0.4, -0.2) is 5.11 Å². The lowest BCUT2D eigenvalue weighted by molar-refractivity contribution is 0.476. The molecule has 0 unspecified atom stereocenters. The van der Waals surface area contributed by atoms with Gasteiger partial charge < -0.3 is 5.11 Å². The van der Waals surface area contributed by atoms with Gasteiger partial charge in [-0.05, 0) is 40.2 Å². The van der Waals surface area contributed by atoms with Gasteiger partial charge in [0.25, 0.3) is 0 Å². The molecular weight excluding hydrogens is 330 g/mol. The van der Waals surface area contributed by atoms with Crippen LogP contribution < -0.4 is 0 Å². The highest BCUT2D eigenvalue weighted by Gasteiger charge is 2.14. The van der Waals surface area contributed by atoms with Crippen molar-refractivity contribution in [3.8, 4) is 16.9 Å². The van der Waals surface area contributed by atoms with Gasteiger partial charge >= 0.3 is 0 Å². The predicted molar refractivity (Wildman–Crippen MR) is 71.2 cm³/mol. The molecule has 0 amide bonds. The smallest absolute Gasteiger partial charge is 0.150 e. The number of phenolic OH excluding ortho intramolecular Hbond substituents is 1. The average Bonchev–Trinajstić information content (AvgIpc) is 2.30. The van der Waals surface area contributed by atoms with Crippen LogP contribution >= 0.6 is 39.1 Å². The highest BCUT2D eigenvalue weighted by atomic mass is 79.9. The van der Waals surface area contributed by atoms with E-state index in [1.54, 1.807) is 6.07 Å². The lowest BCUT2D eigenvalue weighted by atomic mass is 10.0. The van der Waals surface area contributed by atoms with Gasteiger partial charge in [0.05, 0.1) is 5.02 Å². The van der Waals surface area contributed by atoms with Crippen LogP contribution in [0.15, 0.2) is 34.8 Å². The highest BCUT2D eigenvalue weighted by Crippen LogP contribution is 2.37. The molecule has 0 aliphatic carbocycles. The molecule has 2 rings (SSSR count). The minimum Gasteiger partial charge on any atom is -0.507 e. The standard InChI is InChI=1S/C12H6BrCl2FO/c13-9-3-2-7(12(16)11(9)15)8-5-6(14)1-4-10(8)17/h1-5,17H. The van der Waals surface area contributed by atoms with Crippen molar-refractivity contribution in [1.82, 2.24) is 0 Å². The summed E-state index contributed by atoms with van der Waals surface area (Å²) in [6, 6.07) is 7.56. The first-order chi connectivity index (χ1) is 8.00. The maximum absolute atomic E-state index is 13.9. The van der Waals surface area contributed by atoms with Crippen molar-refractivity contribution in [2.45, 2.75) is 0 Å². The maximum Gasteiger partial charge on any atom is 0.150 e. The number of hydrogen-bond acceptors (Lipinski definition) is 1. The van der Waals surface area contributed by atoms with Crippen LogP contribution in [0, 0.1) is 5.82 Å². The molecule has 5 heteroatoms. The quantitative estimate of drug-likeness (QED) is 0.704. The largest absolute Gasteiger partial charge is 0.507 e. The summed E-state index contributed by atoms with van der Waals surface area (Å²) in [4.78, 5) is 0. The monoisotopic (exact) mass is 334 g/mol. The average molecular weight is 336 g/mol. The maximum atomic E-state index is 13.9. The minimum absolute atomic E-state index is 0.0260. The molecule has 2 aromatic rings. The second kappa shape index (κ2) is 4.84. The molecule has 2 aromatic carbocycles. The molecule has 0 radical (unpaired) electrons. The number of halogens is 4. The summed E-state index contributed by atoms with van der Waals surface area (Å²) in [6.45, 7) is 0. The molecule has 1 nitrogen and oxygen atoms in total. The summed E-state index contributed by atoms with van der Waals surface area (Å²) in [6.07, 6.45) is 0. The number of rotatable bonds is 1. The lowest BCUT2D eigenvalue weighted by Gasteiger charge is -2.08. The molecular formula is C12H6BrCl2FO. The van der Waals surface area contributed by atoms with Crippen molar-refractivity contribution in [2.24, 2.45) is 0 Å².